The highest BCUT2D eigenvalue weighted by Crippen LogP contribution is 2.33. The molecule has 9 heteroatoms. The van der Waals surface area contributed by atoms with Crippen LogP contribution in [0.25, 0.3) is 11.0 Å². The third-order valence-electron chi connectivity index (χ3n) is 2.97. The predicted octanol–water partition coefficient (Wildman–Crippen LogP) is 3.48. The van der Waals surface area contributed by atoms with E-state index in [1.54, 1.807) is 0 Å². The SMILES string of the molecule is O=[N+]([O-])c1c(Nc2cc(F)cc(CF)c2)ccc2nonc12. The van der Waals surface area contributed by atoms with Crippen molar-refractivity contribution in [1.29, 1.82) is 0 Å². The third-order valence-corrected chi connectivity index (χ3v) is 2.97. The van der Waals surface area contributed by atoms with Gasteiger partial charge < -0.3 is 5.32 Å². The van der Waals surface area contributed by atoms with E-state index in [9.17, 15) is 18.9 Å². The Balaban J connectivity index is 2.09. The summed E-state index contributed by atoms with van der Waals surface area (Å²) in [7, 11) is 0. The Morgan fingerprint density at radius 1 is 1.27 bits per heavy atom. The summed E-state index contributed by atoms with van der Waals surface area (Å²) >= 11 is 0. The van der Waals surface area contributed by atoms with E-state index >= 15 is 0 Å². The molecule has 0 aliphatic heterocycles. The molecule has 0 saturated carbocycles. The van der Waals surface area contributed by atoms with Crippen LogP contribution in [-0.4, -0.2) is 15.2 Å². The maximum atomic E-state index is 13.4. The van der Waals surface area contributed by atoms with E-state index in [1.807, 2.05) is 0 Å². The summed E-state index contributed by atoms with van der Waals surface area (Å²) in [5.41, 5.74) is 0.215. The van der Waals surface area contributed by atoms with Gasteiger partial charge in [-0.3, -0.25) is 10.1 Å². The predicted molar refractivity (Wildman–Crippen MR) is 73.0 cm³/mol. The summed E-state index contributed by atoms with van der Waals surface area (Å²) in [6.07, 6.45) is 0. The van der Waals surface area contributed by atoms with Gasteiger partial charge in [0.25, 0.3) is 0 Å². The highest BCUT2D eigenvalue weighted by molar-refractivity contribution is 5.91. The fourth-order valence-corrected chi connectivity index (χ4v) is 2.08. The molecule has 0 unspecified atom stereocenters. The minimum atomic E-state index is -0.846. The molecule has 0 aliphatic carbocycles. The zero-order valence-corrected chi connectivity index (χ0v) is 10.9. The second-order valence-electron chi connectivity index (χ2n) is 4.46. The molecule has 0 fully saturated rings. The average Bonchev–Trinajstić information content (AvgIpc) is 2.94. The van der Waals surface area contributed by atoms with Crippen LogP contribution in [0.1, 0.15) is 5.56 Å². The van der Waals surface area contributed by atoms with E-state index < -0.39 is 17.4 Å². The molecule has 0 atom stereocenters. The lowest BCUT2D eigenvalue weighted by atomic mass is 10.2. The second-order valence-corrected chi connectivity index (χ2v) is 4.46. The van der Waals surface area contributed by atoms with Gasteiger partial charge in [0.15, 0.2) is 0 Å². The minimum Gasteiger partial charge on any atom is -0.350 e. The molecule has 7 nitrogen and oxygen atoms in total. The molecule has 1 N–H and O–H groups in total. The normalized spacial score (nSPS) is 10.8. The van der Waals surface area contributed by atoms with Crippen LogP contribution in [0.4, 0.5) is 25.8 Å². The number of aromatic nitrogens is 2. The first kappa shape index (κ1) is 13.9. The lowest BCUT2D eigenvalue weighted by Gasteiger charge is -2.08. The Labute approximate surface area is 121 Å². The molecule has 2 aromatic carbocycles. The molecule has 3 aromatic rings. The van der Waals surface area contributed by atoms with Crippen molar-refractivity contribution in [2.45, 2.75) is 6.67 Å². The lowest BCUT2D eigenvalue weighted by Crippen LogP contribution is -1.99. The molecule has 0 amide bonds. The smallest absolute Gasteiger partial charge is 0.323 e. The summed E-state index contributed by atoms with van der Waals surface area (Å²) in [4.78, 5) is 10.6. The highest BCUT2D eigenvalue weighted by atomic mass is 19.1. The van der Waals surface area contributed by atoms with Crippen molar-refractivity contribution in [2.24, 2.45) is 0 Å². The number of alkyl halides is 1. The summed E-state index contributed by atoms with van der Waals surface area (Å²) in [6.45, 7) is -0.846. The summed E-state index contributed by atoms with van der Waals surface area (Å²) in [5, 5.41) is 20.9. The Bertz CT molecular complexity index is 866. The van der Waals surface area contributed by atoms with Gasteiger partial charge in [-0.05, 0) is 46.2 Å². The van der Waals surface area contributed by atoms with Crippen molar-refractivity contribution >= 4 is 28.1 Å². The first-order valence-electron chi connectivity index (χ1n) is 6.10. The third kappa shape index (κ3) is 2.43. The quantitative estimate of drug-likeness (QED) is 0.585. The number of halogens is 2. The van der Waals surface area contributed by atoms with Crippen LogP contribution in [0.5, 0.6) is 0 Å². The van der Waals surface area contributed by atoms with Crippen LogP contribution in [0.3, 0.4) is 0 Å². The molecule has 0 bridgehead atoms. The van der Waals surface area contributed by atoms with Crippen molar-refractivity contribution in [3.63, 3.8) is 0 Å². The zero-order chi connectivity index (χ0) is 15.7. The van der Waals surface area contributed by atoms with Crippen LogP contribution in [-0.2, 0) is 6.67 Å². The van der Waals surface area contributed by atoms with Gasteiger partial charge in [-0.25, -0.2) is 13.4 Å². The maximum absolute atomic E-state index is 13.4. The Hall–Kier alpha value is -3.10. The fourth-order valence-electron chi connectivity index (χ4n) is 2.08. The van der Waals surface area contributed by atoms with Crippen LogP contribution in [0.15, 0.2) is 35.0 Å². The number of fused-ring (bicyclic) bond motifs is 1. The molecule has 0 spiro atoms. The van der Waals surface area contributed by atoms with Gasteiger partial charge in [0.2, 0.25) is 5.52 Å². The molecule has 1 heterocycles. The van der Waals surface area contributed by atoms with E-state index in [2.05, 4.69) is 20.3 Å². The fraction of sp³-hybridized carbons (Fsp3) is 0.0769. The largest absolute Gasteiger partial charge is 0.350 e. The van der Waals surface area contributed by atoms with Crippen molar-refractivity contribution in [3.8, 4) is 0 Å². The van der Waals surface area contributed by atoms with E-state index in [4.69, 9.17) is 0 Å². The zero-order valence-electron chi connectivity index (χ0n) is 10.9. The van der Waals surface area contributed by atoms with E-state index in [0.717, 1.165) is 12.1 Å². The molecule has 3 rings (SSSR count). The van der Waals surface area contributed by atoms with Gasteiger partial charge in [0, 0.05) is 5.69 Å². The van der Waals surface area contributed by atoms with Gasteiger partial charge in [-0.2, -0.15) is 0 Å². The average molecular weight is 306 g/mol. The first-order chi connectivity index (χ1) is 10.6. The minimum absolute atomic E-state index is 0.0304. The van der Waals surface area contributed by atoms with Crippen molar-refractivity contribution in [1.82, 2.24) is 10.3 Å². The van der Waals surface area contributed by atoms with Crippen molar-refractivity contribution < 1.29 is 18.3 Å². The van der Waals surface area contributed by atoms with Crippen LogP contribution < -0.4 is 5.32 Å². The highest BCUT2D eigenvalue weighted by Gasteiger charge is 2.22. The Kier molecular flexibility index (Phi) is 3.37. The van der Waals surface area contributed by atoms with Gasteiger partial charge in [0.1, 0.15) is 23.7 Å². The second kappa shape index (κ2) is 5.35. The van der Waals surface area contributed by atoms with Crippen molar-refractivity contribution in [3.05, 3.63) is 51.8 Å². The van der Waals surface area contributed by atoms with Crippen LogP contribution in [0.2, 0.25) is 0 Å². The van der Waals surface area contributed by atoms with E-state index in [1.165, 1.54) is 18.2 Å². The molecule has 0 saturated heterocycles. The monoisotopic (exact) mass is 306 g/mol. The Morgan fingerprint density at radius 3 is 2.82 bits per heavy atom. The molecule has 0 aliphatic rings. The number of nitro groups is 1. The first-order valence-corrected chi connectivity index (χ1v) is 6.10. The number of nitro benzene ring substituents is 1. The number of nitrogens with one attached hydrogen (secondary N) is 1. The molecular formula is C13H8F2N4O3. The van der Waals surface area contributed by atoms with Crippen LogP contribution >= 0.6 is 0 Å². The number of nitrogens with zero attached hydrogens (tertiary/aromatic N) is 3. The van der Waals surface area contributed by atoms with Gasteiger partial charge in [0.05, 0.1) is 4.92 Å². The topological polar surface area (TPSA) is 94.1 Å². The molecule has 0 radical (unpaired) electrons. The molecule has 1 aromatic heterocycles. The van der Waals surface area contributed by atoms with E-state index in [-0.39, 0.29) is 33.7 Å². The number of hydrogen-bond donors (Lipinski definition) is 1. The lowest BCUT2D eigenvalue weighted by molar-refractivity contribution is -0.382. The van der Waals surface area contributed by atoms with E-state index in [0.29, 0.717) is 0 Å². The molecular weight excluding hydrogens is 298 g/mol. The van der Waals surface area contributed by atoms with Gasteiger partial charge in [-0.1, -0.05) is 0 Å². The van der Waals surface area contributed by atoms with Gasteiger partial charge in [-0.15, -0.1) is 0 Å². The van der Waals surface area contributed by atoms with Crippen LogP contribution in [0, 0.1) is 15.9 Å². The van der Waals surface area contributed by atoms with Crippen molar-refractivity contribution in [2.75, 3.05) is 5.32 Å². The Morgan fingerprint density at radius 2 is 2.09 bits per heavy atom. The molecule has 22 heavy (non-hydrogen) atoms. The summed E-state index contributed by atoms with van der Waals surface area (Å²) in [6, 6.07) is 6.37. The number of rotatable bonds is 4. The summed E-state index contributed by atoms with van der Waals surface area (Å²) in [5.74, 6) is -0.649. The molecule has 112 valence electrons. The maximum Gasteiger partial charge on any atom is 0.323 e. The van der Waals surface area contributed by atoms with Gasteiger partial charge >= 0.3 is 5.69 Å². The number of anilines is 2. The number of benzene rings is 2. The number of hydrogen-bond acceptors (Lipinski definition) is 6. The summed E-state index contributed by atoms with van der Waals surface area (Å²) < 4.78 is 30.5. The standard InChI is InChI=1S/C13H8F2N4O3/c14-6-7-3-8(15)5-9(4-7)16-11-2-1-10-12(18-22-17-10)13(11)19(20)21/h1-5,16H,6H2.